The van der Waals surface area contributed by atoms with Gasteiger partial charge in [-0.25, -0.2) is 4.98 Å². The van der Waals surface area contributed by atoms with E-state index in [4.69, 9.17) is 11.6 Å². The fraction of sp³-hybridized carbons (Fsp3) is 0.571. The van der Waals surface area contributed by atoms with Crippen molar-refractivity contribution >= 4 is 23.3 Å². The molecule has 5 heteroatoms. The number of hydrogen-bond acceptors (Lipinski definition) is 3. The molecule has 1 heterocycles. The molecule has 0 aromatic carbocycles. The molecule has 104 valence electrons. The molecule has 1 aromatic heterocycles. The number of rotatable bonds is 5. The monoisotopic (exact) mass is 281 g/mol. The summed E-state index contributed by atoms with van der Waals surface area (Å²) in [5.74, 6) is 0.573. The zero-order valence-corrected chi connectivity index (χ0v) is 12.2. The Morgan fingerprint density at radius 3 is 2.68 bits per heavy atom. The first-order valence-corrected chi connectivity index (χ1v) is 7.20. The van der Waals surface area contributed by atoms with Gasteiger partial charge in [-0.2, -0.15) is 0 Å². The molecule has 1 aromatic rings. The number of nitrogens with one attached hydrogen (secondary N) is 2. The van der Waals surface area contributed by atoms with Gasteiger partial charge >= 0.3 is 0 Å². The van der Waals surface area contributed by atoms with Gasteiger partial charge in [0.15, 0.2) is 0 Å². The van der Waals surface area contributed by atoms with E-state index in [9.17, 15) is 4.79 Å². The van der Waals surface area contributed by atoms with Crippen LogP contribution in [0.15, 0.2) is 12.1 Å². The summed E-state index contributed by atoms with van der Waals surface area (Å²) in [6, 6.07) is 3.35. The maximum absolute atomic E-state index is 12.3. The highest BCUT2D eigenvalue weighted by molar-refractivity contribution is 6.29. The van der Waals surface area contributed by atoms with E-state index in [2.05, 4.69) is 22.5 Å². The van der Waals surface area contributed by atoms with Crippen LogP contribution in [-0.4, -0.2) is 23.0 Å². The number of aromatic nitrogens is 1. The lowest BCUT2D eigenvalue weighted by Gasteiger charge is -2.42. The molecule has 2 N–H and O–H groups in total. The van der Waals surface area contributed by atoms with E-state index in [0.29, 0.717) is 16.5 Å². The van der Waals surface area contributed by atoms with Crippen LogP contribution in [0.2, 0.25) is 5.15 Å². The minimum Gasteiger partial charge on any atom is -0.370 e. The van der Waals surface area contributed by atoms with E-state index in [1.807, 2.05) is 6.92 Å². The van der Waals surface area contributed by atoms with Crippen molar-refractivity contribution in [3.63, 3.8) is 0 Å². The van der Waals surface area contributed by atoms with Crippen LogP contribution in [0.3, 0.4) is 0 Å². The summed E-state index contributed by atoms with van der Waals surface area (Å²) in [5, 5.41) is 6.55. The average Bonchev–Trinajstić information content (AvgIpc) is 2.33. The standard InChI is InChI=1S/C14H20ClN3O/c1-3-14(6-5-7-14)18-13(19)10-8-11(15)17-12(9-10)16-4-2/h8-9H,3-7H2,1-2H3,(H,16,17)(H,18,19). The van der Waals surface area contributed by atoms with Gasteiger partial charge in [0, 0.05) is 17.6 Å². The van der Waals surface area contributed by atoms with Gasteiger partial charge in [-0.1, -0.05) is 18.5 Å². The quantitative estimate of drug-likeness (QED) is 0.815. The lowest BCUT2D eigenvalue weighted by Crippen LogP contribution is -2.52. The summed E-state index contributed by atoms with van der Waals surface area (Å²) in [6.45, 7) is 4.83. The Bertz CT molecular complexity index is 466. The fourth-order valence-electron chi connectivity index (χ4n) is 2.38. The van der Waals surface area contributed by atoms with Crippen molar-refractivity contribution in [3.05, 3.63) is 22.8 Å². The topological polar surface area (TPSA) is 54.0 Å². The van der Waals surface area contributed by atoms with Gasteiger partial charge in [-0.3, -0.25) is 4.79 Å². The molecule has 1 saturated carbocycles. The molecule has 1 aliphatic carbocycles. The maximum Gasteiger partial charge on any atom is 0.251 e. The van der Waals surface area contributed by atoms with Crippen LogP contribution in [-0.2, 0) is 0 Å². The lowest BCUT2D eigenvalue weighted by atomic mass is 9.74. The third-order valence-corrected chi connectivity index (χ3v) is 3.97. The molecule has 0 bridgehead atoms. The van der Waals surface area contributed by atoms with Gasteiger partial charge in [0.25, 0.3) is 5.91 Å². The second-order valence-electron chi connectivity index (χ2n) is 5.04. The van der Waals surface area contributed by atoms with Crippen LogP contribution in [0, 0.1) is 0 Å². The molecule has 1 amide bonds. The van der Waals surface area contributed by atoms with E-state index in [0.717, 1.165) is 25.8 Å². The van der Waals surface area contributed by atoms with E-state index >= 15 is 0 Å². The summed E-state index contributed by atoms with van der Waals surface area (Å²) in [6.07, 6.45) is 4.29. The van der Waals surface area contributed by atoms with Gasteiger partial charge < -0.3 is 10.6 Å². The maximum atomic E-state index is 12.3. The largest absolute Gasteiger partial charge is 0.370 e. The highest BCUT2D eigenvalue weighted by atomic mass is 35.5. The molecule has 0 spiro atoms. The van der Waals surface area contributed by atoms with Crippen LogP contribution in [0.4, 0.5) is 5.82 Å². The minimum atomic E-state index is -0.0648. The predicted molar refractivity (Wildman–Crippen MR) is 77.7 cm³/mol. The van der Waals surface area contributed by atoms with Gasteiger partial charge in [0.2, 0.25) is 0 Å². The van der Waals surface area contributed by atoms with Crippen LogP contribution in [0.5, 0.6) is 0 Å². The number of nitrogens with zero attached hydrogens (tertiary/aromatic N) is 1. The molecule has 4 nitrogen and oxygen atoms in total. The first kappa shape index (κ1) is 14.1. The van der Waals surface area contributed by atoms with E-state index in [1.165, 1.54) is 6.42 Å². The average molecular weight is 282 g/mol. The SMILES string of the molecule is CCNc1cc(C(=O)NC2(CC)CCC2)cc(Cl)n1. The molecule has 2 rings (SSSR count). The third-order valence-electron chi connectivity index (χ3n) is 3.78. The summed E-state index contributed by atoms with van der Waals surface area (Å²) in [4.78, 5) is 16.4. The summed E-state index contributed by atoms with van der Waals surface area (Å²) < 4.78 is 0. The van der Waals surface area contributed by atoms with Crippen LogP contribution >= 0.6 is 11.6 Å². The Morgan fingerprint density at radius 1 is 1.42 bits per heavy atom. The minimum absolute atomic E-state index is 0.00875. The molecule has 0 aliphatic heterocycles. The van der Waals surface area contributed by atoms with Crippen molar-refractivity contribution in [2.24, 2.45) is 0 Å². The van der Waals surface area contributed by atoms with Crippen molar-refractivity contribution < 1.29 is 4.79 Å². The second kappa shape index (κ2) is 5.78. The third kappa shape index (κ3) is 3.18. The summed E-state index contributed by atoms with van der Waals surface area (Å²) in [5.41, 5.74) is 0.557. The van der Waals surface area contributed by atoms with Crippen LogP contribution in [0.1, 0.15) is 49.9 Å². The Labute approximate surface area is 118 Å². The number of carbonyl (C=O) groups is 1. The number of halogens is 1. The first-order valence-electron chi connectivity index (χ1n) is 6.82. The molecule has 19 heavy (non-hydrogen) atoms. The smallest absolute Gasteiger partial charge is 0.251 e. The Hall–Kier alpha value is -1.29. The summed E-state index contributed by atoms with van der Waals surface area (Å²) in [7, 11) is 0. The molecule has 1 aliphatic rings. The van der Waals surface area contributed by atoms with Crippen molar-refractivity contribution in [1.29, 1.82) is 0 Å². The number of amides is 1. The molecule has 0 saturated heterocycles. The molecule has 1 fully saturated rings. The Kier molecular flexibility index (Phi) is 4.30. The van der Waals surface area contributed by atoms with Crippen molar-refractivity contribution in [2.45, 2.75) is 45.1 Å². The molecule has 0 atom stereocenters. The van der Waals surface area contributed by atoms with Gasteiger partial charge in [-0.15, -0.1) is 0 Å². The zero-order valence-electron chi connectivity index (χ0n) is 11.4. The van der Waals surface area contributed by atoms with Crippen molar-refractivity contribution in [1.82, 2.24) is 10.3 Å². The van der Waals surface area contributed by atoms with Gasteiger partial charge in [-0.05, 0) is 44.7 Å². The first-order chi connectivity index (χ1) is 9.08. The number of anilines is 1. The van der Waals surface area contributed by atoms with E-state index < -0.39 is 0 Å². The van der Waals surface area contributed by atoms with Crippen molar-refractivity contribution in [3.8, 4) is 0 Å². The fourth-order valence-corrected chi connectivity index (χ4v) is 2.59. The molecular weight excluding hydrogens is 262 g/mol. The second-order valence-corrected chi connectivity index (χ2v) is 5.42. The summed E-state index contributed by atoms with van der Waals surface area (Å²) >= 11 is 5.95. The Morgan fingerprint density at radius 2 is 2.16 bits per heavy atom. The van der Waals surface area contributed by atoms with Crippen molar-refractivity contribution in [2.75, 3.05) is 11.9 Å². The number of carbonyl (C=O) groups excluding carboxylic acids is 1. The van der Waals surface area contributed by atoms with Crippen LogP contribution < -0.4 is 10.6 Å². The van der Waals surface area contributed by atoms with Crippen LogP contribution in [0.25, 0.3) is 0 Å². The van der Waals surface area contributed by atoms with Gasteiger partial charge in [0.05, 0.1) is 0 Å². The highest BCUT2D eigenvalue weighted by Crippen LogP contribution is 2.34. The van der Waals surface area contributed by atoms with E-state index in [-0.39, 0.29) is 11.4 Å². The number of hydrogen-bond donors (Lipinski definition) is 2. The molecule has 0 radical (unpaired) electrons. The lowest BCUT2D eigenvalue weighted by molar-refractivity contribution is 0.0820. The highest BCUT2D eigenvalue weighted by Gasteiger charge is 2.36. The van der Waals surface area contributed by atoms with E-state index in [1.54, 1.807) is 12.1 Å². The predicted octanol–water partition coefficient (Wildman–Crippen LogP) is 3.23. The zero-order chi connectivity index (χ0) is 13.9. The molecular formula is C14H20ClN3O. The molecule has 0 unspecified atom stereocenters. The number of pyridine rings is 1. The van der Waals surface area contributed by atoms with Gasteiger partial charge in [0.1, 0.15) is 11.0 Å². The Balaban J connectivity index is 2.14. The normalized spacial score (nSPS) is 16.6.